The van der Waals surface area contributed by atoms with Gasteiger partial charge in [-0.2, -0.15) is 0 Å². The van der Waals surface area contributed by atoms with Gasteiger partial charge < -0.3 is 4.57 Å². The monoisotopic (exact) mass is 444 g/mol. The molecule has 5 aromatic carbocycles. The Balaban J connectivity index is 1.31. The quantitative estimate of drug-likeness (QED) is 0.261. The van der Waals surface area contributed by atoms with Crippen LogP contribution in [0.3, 0.4) is 0 Å². The molecule has 0 unspecified atom stereocenters. The van der Waals surface area contributed by atoms with E-state index in [-0.39, 0.29) is 0 Å². The number of fused-ring (bicyclic) bond motifs is 6. The summed E-state index contributed by atoms with van der Waals surface area (Å²) < 4.78 is 2.31. The van der Waals surface area contributed by atoms with Crippen LogP contribution in [-0.2, 0) is 0 Å². The third kappa shape index (κ3) is 2.51. The summed E-state index contributed by atoms with van der Waals surface area (Å²) in [6.07, 6.45) is 3.83. The van der Waals surface area contributed by atoms with Crippen molar-refractivity contribution in [1.82, 2.24) is 9.55 Å². The Morgan fingerprint density at radius 2 is 1.11 bits per heavy atom. The number of aromatic nitrogens is 2. The maximum absolute atomic E-state index is 4.41. The van der Waals surface area contributed by atoms with Gasteiger partial charge in [-0.1, -0.05) is 84.9 Å². The molecule has 0 amide bonds. The molecular formula is C33H20N2. The Bertz CT molecular complexity index is 1860. The fourth-order valence-electron chi connectivity index (χ4n) is 5.95. The Morgan fingerprint density at radius 1 is 0.457 bits per heavy atom. The van der Waals surface area contributed by atoms with Gasteiger partial charge in [0.2, 0.25) is 0 Å². The predicted molar refractivity (Wildman–Crippen MR) is 146 cm³/mol. The minimum absolute atomic E-state index is 1.13. The lowest BCUT2D eigenvalue weighted by Gasteiger charge is -2.12. The first-order valence-corrected chi connectivity index (χ1v) is 12.0. The van der Waals surface area contributed by atoms with E-state index in [0.717, 1.165) is 11.2 Å². The predicted octanol–water partition coefficient (Wildman–Crippen LogP) is 8.65. The lowest BCUT2D eigenvalue weighted by molar-refractivity contribution is 1.17. The van der Waals surface area contributed by atoms with Crippen LogP contribution in [0.15, 0.2) is 122 Å². The van der Waals surface area contributed by atoms with Crippen molar-refractivity contribution < 1.29 is 0 Å². The van der Waals surface area contributed by atoms with Crippen molar-refractivity contribution in [3.05, 3.63) is 122 Å². The number of para-hydroxylation sites is 1. The summed E-state index contributed by atoms with van der Waals surface area (Å²) in [5, 5.41) is 5.15. The highest BCUT2D eigenvalue weighted by Crippen LogP contribution is 2.49. The number of hydrogen-bond donors (Lipinski definition) is 0. The van der Waals surface area contributed by atoms with Crippen molar-refractivity contribution in [3.63, 3.8) is 0 Å². The lowest BCUT2D eigenvalue weighted by atomic mass is 9.94. The second kappa shape index (κ2) is 6.91. The van der Waals surface area contributed by atoms with Crippen molar-refractivity contribution in [2.75, 3.05) is 0 Å². The van der Waals surface area contributed by atoms with E-state index in [1.54, 1.807) is 0 Å². The van der Waals surface area contributed by atoms with Crippen molar-refractivity contribution in [3.8, 4) is 39.1 Å². The van der Waals surface area contributed by atoms with E-state index in [2.05, 4.69) is 119 Å². The summed E-state index contributed by atoms with van der Waals surface area (Å²) in [7, 11) is 0. The topological polar surface area (TPSA) is 17.8 Å². The molecule has 0 bridgehead atoms. The Labute approximate surface area is 202 Å². The smallest absolute Gasteiger partial charge is 0.0724 e. The first-order chi connectivity index (χ1) is 17.4. The van der Waals surface area contributed by atoms with E-state index in [0.29, 0.717) is 0 Å². The van der Waals surface area contributed by atoms with Crippen LogP contribution in [0.25, 0.3) is 71.6 Å². The summed E-state index contributed by atoms with van der Waals surface area (Å²) in [4.78, 5) is 4.41. The van der Waals surface area contributed by atoms with Crippen molar-refractivity contribution >= 4 is 32.6 Å². The molecule has 1 aliphatic carbocycles. The average molecular weight is 445 g/mol. The van der Waals surface area contributed by atoms with Crippen LogP contribution in [0.1, 0.15) is 0 Å². The number of benzene rings is 5. The summed E-state index contributed by atoms with van der Waals surface area (Å²) in [6, 6.07) is 39.6. The maximum Gasteiger partial charge on any atom is 0.0724 e. The molecule has 35 heavy (non-hydrogen) atoms. The second-order valence-electron chi connectivity index (χ2n) is 9.23. The van der Waals surface area contributed by atoms with Gasteiger partial charge in [0.25, 0.3) is 0 Å². The molecule has 0 spiro atoms. The van der Waals surface area contributed by atoms with Gasteiger partial charge in [-0.05, 0) is 68.4 Å². The molecule has 1 aliphatic rings. The molecule has 2 nitrogen and oxygen atoms in total. The normalized spacial score (nSPS) is 12.0. The summed E-state index contributed by atoms with van der Waals surface area (Å²) in [6.45, 7) is 0. The van der Waals surface area contributed by atoms with Crippen LogP contribution < -0.4 is 0 Å². The molecule has 8 rings (SSSR count). The van der Waals surface area contributed by atoms with Gasteiger partial charge in [0.05, 0.1) is 17.2 Å². The van der Waals surface area contributed by atoms with Crippen LogP contribution in [0.4, 0.5) is 0 Å². The van der Waals surface area contributed by atoms with Gasteiger partial charge in [-0.3, -0.25) is 4.98 Å². The standard InChI is InChI=1S/C33H20N2/c1-2-7-25-24(6-1)29-10-5-9-28-23(16-17-30(25)33(28)29)21-12-14-22(15-13-21)35-31-11-4-3-8-26(31)27-18-19-34-20-32(27)35/h1-20H. The molecule has 0 saturated carbocycles. The molecule has 0 aliphatic heterocycles. The fraction of sp³-hybridized carbons (Fsp3) is 0. The van der Waals surface area contributed by atoms with Gasteiger partial charge in [-0.15, -0.1) is 0 Å². The van der Waals surface area contributed by atoms with E-state index >= 15 is 0 Å². The van der Waals surface area contributed by atoms with Gasteiger partial charge in [0.15, 0.2) is 0 Å². The van der Waals surface area contributed by atoms with Crippen molar-refractivity contribution in [2.24, 2.45) is 0 Å². The van der Waals surface area contributed by atoms with Gasteiger partial charge in [0, 0.05) is 22.7 Å². The Hall–Kier alpha value is -4.69. The highest BCUT2D eigenvalue weighted by atomic mass is 15.0. The first-order valence-electron chi connectivity index (χ1n) is 12.0. The molecule has 0 N–H and O–H groups in total. The largest absolute Gasteiger partial charge is 0.308 e. The zero-order chi connectivity index (χ0) is 22.9. The number of hydrogen-bond acceptors (Lipinski definition) is 1. The van der Waals surface area contributed by atoms with Crippen LogP contribution in [-0.4, -0.2) is 9.55 Å². The van der Waals surface area contributed by atoms with E-state index in [1.807, 2.05) is 12.4 Å². The molecule has 162 valence electrons. The van der Waals surface area contributed by atoms with Gasteiger partial charge >= 0.3 is 0 Å². The van der Waals surface area contributed by atoms with Crippen LogP contribution in [0.2, 0.25) is 0 Å². The molecule has 0 saturated heterocycles. The van der Waals surface area contributed by atoms with E-state index in [1.165, 1.54) is 60.4 Å². The molecule has 0 fully saturated rings. The van der Waals surface area contributed by atoms with Gasteiger partial charge in [-0.25, -0.2) is 0 Å². The van der Waals surface area contributed by atoms with Crippen LogP contribution in [0, 0.1) is 0 Å². The maximum atomic E-state index is 4.41. The average Bonchev–Trinajstić information content (AvgIpc) is 3.44. The zero-order valence-electron chi connectivity index (χ0n) is 18.9. The summed E-state index contributed by atoms with van der Waals surface area (Å²) in [5.74, 6) is 0. The fourth-order valence-corrected chi connectivity index (χ4v) is 5.95. The number of pyridine rings is 1. The third-order valence-corrected chi connectivity index (χ3v) is 7.46. The molecule has 2 aromatic heterocycles. The van der Waals surface area contributed by atoms with Crippen LogP contribution in [0.5, 0.6) is 0 Å². The zero-order valence-corrected chi connectivity index (χ0v) is 18.9. The third-order valence-electron chi connectivity index (χ3n) is 7.46. The Kier molecular flexibility index (Phi) is 3.69. The molecule has 0 atom stereocenters. The minimum atomic E-state index is 1.13. The van der Waals surface area contributed by atoms with E-state index in [4.69, 9.17) is 0 Å². The minimum Gasteiger partial charge on any atom is -0.308 e. The summed E-state index contributed by atoms with van der Waals surface area (Å²) in [5.41, 5.74) is 11.3. The van der Waals surface area contributed by atoms with Crippen molar-refractivity contribution in [1.29, 1.82) is 0 Å². The molecular weight excluding hydrogens is 424 g/mol. The first kappa shape index (κ1) is 18.7. The SMILES string of the molecule is c1ccc2c(c1)-c1cccc3c(-c4ccc(-n5c6ccccc6c6ccncc65)cc4)ccc-2c13. The number of nitrogens with zero attached hydrogens (tertiary/aromatic N) is 2. The molecule has 0 radical (unpaired) electrons. The van der Waals surface area contributed by atoms with Gasteiger partial charge in [0.1, 0.15) is 0 Å². The highest BCUT2D eigenvalue weighted by molar-refractivity contribution is 6.18. The second-order valence-corrected chi connectivity index (χ2v) is 9.23. The molecule has 2 heteroatoms. The van der Waals surface area contributed by atoms with Crippen LogP contribution >= 0.6 is 0 Å². The Morgan fingerprint density at radius 3 is 1.97 bits per heavy atom. The van der Waals surface area contributed by atoms with E-state index < -0.39 is 0 Å². The summed E-state index contributed by atoms with van der Waals surface area (Å²) >= 11 is 0. The lowest BCUT2D eigenvalue weighted by Crippen LogP contribution is -1.94. The highest BCUT2D eigenvalue weighted by Gasteiger charge is 2.22. The number of rotatable bonds is 2. The molecule has 7 aromatic rings. The van der Waals surface area contributed by atoms with E-state index in [9.17, 15) is 0 Å². The molecule has 2 heterocycles. The van der Waals surface area contributed by atoms with Crippen molar-refractivity contribution in [2.45, 2.75) is 0 Å².